The predicted molar refractivity (Wildman–Crippen MR) is 201 cm³/mol. The Balaban J connectivity index is 0.00000146. The van der Waals surface area contributed by atoms with Crippen molar-refractivity contribution in [3.8, 4) is 0 Å². The molecule has 2 aromatic rings. The summed E-state index contributed by atoms with van der Waals surface area (Å²) in [5.41, 5.74) is 18.5. The van der Waals surface area contributed by atoms with E-state index in [0.717, 1.165) is 11.1 Å². The highest BCUT2D eigenvalue weighted by atomic mass is 19.4. The van der Waals surface area contributed by atoms with Crippen LogP contribution in [0.2, 0.25) is 0 Å². The molecule has 0 radical (unpaired) electrons. The van der Waals surface area contributed by atoms with Gasteiger partial charge in [0.15, 0.2) is 0 Å². The number of carboxylic acids is 1. The van der Waals surface area contributed by atoms with Gasteiger partial charge in [-0.3, -0.25) is 28.4 Å². The van der Waals surface area contributed by atoms with Crippen molar-refractivity contribution in [2.24, 2.45) is 17.2 Å². The molecule has 0 aliphatic carbocycles. The first-order valence-electron chi connectivity index (χ1n) is 18.4. The van der Waals surface area contributed by atoms with Crippen LogP contribution in [0, 0.1) is 0 Å². The monoisotopic (exact) mass is 811 g/mol. The van der Waals surface area contributed by atoms with Crippen molar-refractivity contribution in [3.05, 3.63) is 71.8 Å². The molecule has 1 heterocycles. The van der Waals surface area contributed by atoms with E-state index in [1.54, 1.807) is 17.0 Å². The summed E-state index contributed by atoms with van der Waals surface area (Å²) in [6, 6.07) is 14.1. The molecule has 15 nitrogen and oxygen atoms in total. The zero-order chi connectivity index (χ0) is 42.6. The molecule has 2 aromatic carbocycles. The number of ether oxygens (including phenoxy) is 1. The second-order valence-electron chi connectivity index (χ2n) is 13.6. The largest absolute Gasteiger partial charge is 0.490 e. The minimum atomic E-state index is -5.08. The molecule has 10 N–H and O–H groups in total. The Morgan fingerprint density at radius 3 is 1.75 bits per heavy atom. The molecule has 19 heteroatoms. The van der Waals surface area contributed by atoms with E-state index >= 15 is 0 Å². The Labute approximate surface area is 328 Å². The quantitative estimate of drug-likeness (QED) is 0.0605. The lowest BCUT2D eigenvalue weighted by molar-refractivity contribution is -0.192. The van der Waals surface area contributed by atoms with Crippen molar-refractivity contribution < 1.29 is 56.2 Å². The molecular formula is C38H53F4N7O8. The van der Waals surface area contributed by atoms with Crippen LogP contribution in [0.4, 0.5) is 17.6 Å². The standard InChI is InChI=1S/C36H52FN7O6.C2HF3O2/c1-50-35(49)36(40)17-21-44(22-18-36)34(48)29(15-8-9-20-38)42-32(46)28(16-10-19-37)41-33(47)30(24-26-13-6-3-7-14-26)43-31(45)27(39)23-25-11-4-2-5-12-25;3-2(4,5)1(6)7/h2-7,11-14,27-30H,8-10,15-24,38-40H2,1H3,(H,41,47)(H,42,46)(H,43,45);(H,6,7)/t27-,28?,29-,30-;/m1./s1. The van der Waals surface area contributed by atoms with Crippen LogP contribution in [0.15, 0.2) is 60.7 Å². The summed E-state index contributed by atoms with van der Waals surface area (Å²) in [6.07, 6.45) is -2.99. The number of carbonyl (C=O) groups is 6. The summed E-state index contributed by atoms with van der Waals surface area (Å²) in [5, 5.41) is 15.3. The number of halogens is 4. The van der Waals surface area contributed by atoms with Gasteiger partial charge in [0.2, 0.25) is 23.6 Å². The smallest absolute Gasteiger partial charge is 0.475 e. The maximum Gasteiger partial charge on any atom is 0.490 e. The highest BCUT2D eigenvalue weighted by Crippen LogP contribution is 2.22. The SMILES string of the molecule is COC(=O)C1(N)CCN(C(=O)[C@@H](CCCCN)NC(=O)C(CCCF)NC(=O)[C@@H](Cc2ccccc2)NC(=O)[C@H](N)Cc2ccccc2)CC1.O=C(O)C(F)(F)F. The Morgan fingerprint density at radius 1 is 0.789 bits per heavy atom. The first-order chi connectivity index (χ1) is 26.9. The third-order valence-electron chi connectivity index (χ3n) is 9.17. The van der Waals surface area contributed by atoms with E-state index in [2.05, 4.69) is 16.0 Å². The first kappa shape index (κ1) is 48.0. The Hall–Kier alpha value is -5.14. The van der Waals surface area contributed by atoms with Gasteiger partial charge in [-0.1, -0.05) is 60.7 Å². The molecule has 1 saturated heterocycles. The van der Waals surface area contributed by atoms with E-state index < -0.39 is 72.2 Å². The Morgan fingerprint density at radius 2 is 1.26 bits per heavy atom. The van der Waals surface area contributed by atoms with Crippen LogP contribution in [-0.4, -0.2) is 115 Å². The number of hydrogen-bond acceptors (Lipinski definition) is 10. The van der Waals surface area contributed by atoms with Crippen LogP contribution >= 0.6 is 0 Å². The van der Waals surface area contributed by atoms with Crippen LogP contribution in [0.25, 0.3) is 0 Å². The van der Waals surface area contributed by atoms with Crippen molar-refractivity contribution in [1.82, 2.24) is 20.9 Å². The van der Waals surface area contributed by atoms with Gasteiger partial charge in [0.25, 0.3) is 0 Å². The second-order valence-corrected chi connectivity index (χ2v) is 13.6. The fourth-order valence-corrected chi connectivity index (χ4v) is 5.90. The maximum atomic E-state index is 13.8. The molecule has 1 aliphatic rings. The number of alkyl halides is 4. The van der Waals surface area contributed by atoms with Crippen molar-refractivity contribution in [2.75, 3.05) is 33.4 Å². The number of esters is 1. The summed E-state index contributed by atoms with van der Waals surface area (Å²) in [4.78, 5) is 77.0. The van der Waals surface area contributed by atoms with Gasteiger partial charge in [-0.25, -0.2) is 4.79 Å². The minimum Gasteiger partial charge on any atom is -0.475 e. The van der Waals surface area contributed by atoms with Gasteiger partial charge in [-0.2, -0.15) is 13.2 Å². The van der Waals surface area contributed by atoms with Crippen molar-refractivity contribution in [3.63, 3.8) is 0 Å². The number of amides is 4. The number of unbranched alkanes of at least 4 members (excludes halogenated alkanes) is 1. The summed E-state index contributed by atoms with van der Waals surface area (Å²) in [6.45, 7) is 0.0317. The van der Waals surface area contributed by atoms with Gasteiger partial charge < -0.3 is 47.9 Å². The van der Waals surface area contributed by atoms with Crippen molar-refractivity contribution >= 4 is 35.6 Å². The number of benzene rings is 2. The topological polar surface area (TPSA) is 249 Å². The average Bonchev–Trinajstić information content (AvgIpc) is 3.19. The van der Waals surface area contributed by atoms with E-state index in [4.69, 9.17) is 31.8 Å². The predicted octanol–water partition coefficient (Wildman–Crippen LogP) is 1.26. The van der Waals surface area contributed by atoms with Crippen LogP contribution in [0.5, 0.6) is 0 Å². The second kappa shape index (κ2) is 23.8. The van der Waals surface area contributed by atoms with E-state index in [9.17, 15) is 41.5 Å². The fourth-order valence-electron chi connectivity index (χ4n) is 5.90. The number of carboxylic acid groups (broad SMARTS) is 1. The molecule has 0 spiro atoms. The highest BCUT2D eigenvalue weighted by molar-refractivity contribution is 5.95. The Kier molecular flexibility index (Phi) is 20.1. The zero-order valence-electron chi connectivity index (χ0n) is 31.8. The van der Waals surface area contributed by atoms with E-state index in [1.807, 2.05) is 48.5 Å². The molecular weight excluding hydrogens is 758 g/mol. The molecule has 3 rings (SSSR count). The van der Waals surface area contributed by atoms with E-state index in [0.29, 0.717) is 19.4 Å². The number of hydrogen-bond donors (Lipinski definition) is 7. The number of carbonyl (C=O) groups excluding carboxylic acids is 5. The van der Waals surface area contributed by atoms with Crippen LogP contribution in [0.3, 0.4) is 0 Å². The van der Waals surface area contributed by atoms with Gasteiger partial charge in [0.05, 0.1) is 19.8 Å². The number of methoxy groups -OCH3 is 1. The lowest BCUT2D eigenvalue weighted by atomic mass is 9.88. The van der Waals surface area contributed by atoms with Gasteiger partial charge in [-0.05, 0) is 69.0 Å². The molecule has 1 aliphatic heterocycles. The summed E-state index contributed by atoms with van der Waals surface area (Å²) < 4.78 is 50.0. The highest BCUT2D eigenvalue weighted by Gasteiger charge is 2.41. The van der Waals surface area contributed by atoms with Gasteiger partial charge in [-0.15, -0.1) is 0 Å². The first-order valence-corrected chi connectivity index (χ1v) is 18.4. The molecule has 0 saturated carbocycles. The minimum absolute atomic E-state index is 0.0277. The van der Waals surface area contributed by atoms with Gasteiger partial charge in [0, 0.05) is 19.5 Å². The number of rotatable bonds is 19. The molecule has 4 amide bonds. The van der Waals surface area contributed by atoms with E-state index in [-0.39, 0.29) is 63.9 Å². The number of piperidine rings is 1. The third kappa shape index (κ3) is 16.5. The number of aliphatic carboxylic acids is 1. The van der Waals surface area contributed by atoms with E-state index in [1.165, 1.54) is 7.11 Å². The lowest BCUT2D eigenvalue weighted by Crippen LogP contribution is -2.61. The number of nitrogens with two attached hydrogens (primary N) is 3. The molecule has 316 valence electrons. The van der Waals surface area contributed by atoms with Crippen LogP contribution in [-0.2, 0) is 46.3 Å². The van der Waals surface area contributed by atoms with Crippen molar-refractivity contribution in [2.45, 2.75) is 93.7 Å². The normalized spacial score (nSPS) is 15.7. The van der Waals surface area contributed by atoms with Crippen molar-refractivity contribution in [1.29, 1.82) is 0 Å². The average molecular weight is 812 g/mol. The third-order valence-corrected chi connectivity index (χ3v) is 9.17. The lowest BCUT2D eigenvalue weighted by Gasteiger charge is -2.38. The van der Waals surface area contributed by atoms with Gasteiger partial charge >= 0.3 is 18.1 Å². The zero-order valence-corrected chi connectivity index (χ0v) is 31.8. The molecule has 57 heavy (non-hydrogen) atoms. The molecule has 1 fully saturated rings. The summed E-state index contributed by atoms with van der Waals surface area (Å²) in [5.74, 6) is -5.54. The van der Waals surface area contributed by atoms with Gasteiger partial charge in [0.1, 0.15) is 23.7 Å². The maximum absolute atomic E-state index is 13.8. The molecule has 4 atom stereocenters. The summed E-state index contributed by atoms with van der Waals surface area (Å²) >= 11 is 0. The molecule has 1 unspecified atom stereocenters. The molecule has 0 bridgehead atoms. The Bertz CT molecular complexity index is 1600. The number of nitrogens with zero attached hydrogens (tertiary/aromatic N) is 1. The fraction of sp³-hybridized carbons (Fsp3) is 0.526. The van der Waals surface area contributed by atoms with Crippen LogP contribution in [0.1, 0.15) is 56.1 Å². The van der Waals surface area contributed by atoms with Crippen LogP contribution < -0.4 is 33.2 Å². The summed E-state index contributed by atoms with van der Waals surface area (Å²) in [7, 11) is 1.26. The number of nitrogens with one attached hydrogen (secondary N) is 3. The molecule has 0 aromatic heterocycles. The number of likely N-dealkylation sites (tertiary alicyclic amines) is 1.